The van der Waals surface area contributed by atoms with E-state index < -0.39 is 17.7 Å². The Kier molecular flexibility index (Phi) is 6.00. The normalized spacial score (nSPS) is 18.7. The van der Waals surface area contributed by atoms with Gasteiger partial charge in [-0.15, -0.1) is 11.3 Å². The standard InChI is InChI=1S/C25H23N3O6S/c29-21(28-10-9-25(33,14-28)22(30)31)11-15-13-35-23(26-15)27-24(32)34-12-20-18-7-3-1-5-16(18)17-6-2-4-8-19(17)20/h1-8,13,20,33H,9-12,14H2,(H,30,31)(H,26,27,32). The molecule has 9 nitrogen and oxygen atoms in total. The van der Waals surface area contributed by atoms with Crippen LogP contribution in [0.25, 0.3) is 11.1 Å². The highest BCUT2D eigenvalue weighted by molar-refractivity contribution is 7.13. The number of aliphatic carboxylic acids is 1. The molecule has 1 aliphatic heterocycles. The van der Waals surface area contributed by atoms with Crippen molar-refractivity contribution in [3.63, 3.8) is 0 Å². The number of nitrogens with one attached hydrogen (secondary N) is 1. The number of nitrogens with zero attached hydrogens (tertiary/aromatic N) is 2. The largest absolute Gasteiger partial charge is 0.479 e. The molecule has 3 aromatic rings. The van der Waals surface area contributed by atoms with E-state index in [2.05, 4.69) is 22.4 Å². The lowest BCUT2D eigenvalue weighted by Crippen LogP contribution is -2.42. The molecule has 1 unspecified atom stereocenters. The number of carboxylic acid groups (broad SMARTS) is 1. The van der Waals surface area contributed by atoms with Crippen LogP contribution in [0.2, 0.25) is 0 Å². The second-order valence-electron chi connectivity index (χ2n) is 8.67. The van der Waals surface area contributed by atoms with Crippen molar-refractivity contribution in [2.24, 2.45) is 0 Å². The molecule has 0 saturated carbocycles. The van der Waals surface area contributed by atoms with Crippen molar-refractivity contribution in [1.29, 1.82) is 0 Å². The number of fused-ring (bicyclic) bond motifs is 3. The minimum absolute atomic E-state index is 0.0142. The number of β-amino-alcohol motifs (C(OH)–C–C–N with tert-alkyl or cyclic N) is 1. The zero-order valence-corrected chi connectivity index (χ0v) is 19.5. The minimum atomic E-state index is -1.91. The number of thiazole rings is 1. The van der Waals surface area contributed by atoms with Crippen molar-refractivity contribution in [3.05, 3.63) is 70.7 Å². The predicted molar refractivity (Wildman–Crippen MR) is 128 cm³/mol. The number of hydrogen-bond donors (Lipinski definition) is 3. The molecule has 0 radical (unpaired) electrons. The monoisotopic (exact) mass is 493 g/mol. The first-order valence-corrected chi connectivity index (χ1v) is 12.0. The van der Waals surface area contributed by atoms with Crippen molar-refractivity contribution in [1.82, 2.24) is 9.88 Å². The molecule has 180 valence electrons. The Hall–Kier alpha value is -3.76. The first kappa shape index (κ1) is 23.0. The van der Waals surface area contributed by atoms with Crippen LogP contribution in [-0.4, -0.2) is 63.4 Å². The maximum Gasteiger partial charge on any atom is 0.413 e. The van der Waals surface area contributed by atoms with Crippen LogP contribution in [0.15, 0.2) is 53.9 Å². The fourth-order valence-electron chi connectivity index (χ4n) is 4.62. The van der Waals surface area contributed by atoms with Crippen LogP contribution in [0.1, 0.15) is 29.2 Å². The summed E-state index contributed by atoms with van der Waals surface area (Å²) in [6.07, 6.45) is -0.705. The molecule has 1 atom stereocenters. The van der Waals surface area contributed by atoms with Gasteiger partial charge < -0.3 is 19.8 Å². The molecule has 5 rings (SSSR count). The Balaban J connectivity index is 1.16. The van der Waals surface area contributed by atoms with Gasteiger partial charge in [0.1, 0.15) is 6.61 Å². The van der Waals surface area contributed by atoms with E-state index >= 15 is 0 Å². The molecule has 1 aromatic heterocycles. The SMILES string of the molecule is O=C(Nc1nc(CC(=O)N2CCC(O)(C(=O)O)C2)cs1)OCC1c2ccccc2-c2ccccc21. The number of likely N-dealkylation sites (tertiary alicyclic amines) is 1. The molecule has 2 heterocycles. The van der Waals surface area contributed by atoms with Crippen molar-refractivity contribution in [2.75, 3.05) is 25.0 Å². The number of carbonyl (C=O) groups excluding carboxylic acids is 2. The molecule has 35 heavy (non-hydrogen) atoms. The summed E-state index contributed by atoms with van der Waals surface area (Å²) in [4.78, 5) is 41.7. The zero-order chi connectivity index (χ0) is 24.6. The van der Waals surface area contributed by atoms with Crippen molar-refractivity contribution >= 4 is 34.4 Å². The van der Waals surface area contributed by atoms with Crippen molar-refractivity contribution in [2.45, 2.75) is 24.4 Å². The number of ether oxygens (including phenoxy) is 1. The van der Waals surface area contributed by atoms with Crippen LogP contribution >= 0.6 is 11.3 Å². The Bertz CT molecular complexity index is 1260. The molecule has 0 bridgehead atoms. The number of anilines is 1. The van der Waals surface area contributed by atoms with E-state index in [1.165, 1.54) is 16.2 Å². The molecular weight excluding hydrogens is 470 g/mol. The lowest BCUT2D eigenvalue weighted by Gasteiger charge is -2.18. The first-order valence-electron chi connectivity index (χ1n) is 11.1. The molecule has 3 N–H and O–H groups in total. The lowest BCUT2D eigenvalue weighted by atomic mass is 9.98. The predicted octanol–water partition coefficient (Wildman–Crippen LogP) is 3.09. The highest BCUT2D eigenvalue weighted by Gasteiger charge is 2.44. The summed E-state index contributed by atoms with van der Waals surface area (Å²) >= 11 is 1.17. The molecule has 2 aromatic carbocycles. The average molecular weight is 494 g/mol. The molecule has 10 heteroatoms. The van der Waals surface area contributed by atoms with Gasteiger partial charge in [0, 0.05) is 24.3 Å². The summed E-state index contributed by atoms with van der Waals surface area (Å²) in [7, 11) is 0. The van der Waals surface area contributed by atoms with Crippen molar-refractivity contribution in [3.8, 4) is 11.1 Å². The Morgan fingerprint density at radius 2 is 1.77 bits per heavy atom. The number of benzene rings is 2. The van der Waals surface area contributed by atoms with Gasteiger partial charge in [-0.25, -0.2) is 14.6 Å². The van der Waals surface area contributed by atoms with Crippen LogP contribution in [0.3, 0.4) is 0 Å². The topological polar surface area (TPSA) is 129 Å². The van der Waals surface area contributed by atoms with E-state index in [1.54, 1.807) is 5.38 Å². The van der Waals surface area contributed by atoms with Gasteiger partial charge in [0.15, 0.2) is 10.7 Å². The second-order valence-corrected chi connectivity index (χ2v) is 9.53. The van der Waals surface area contributed by atoms with Crippen LogP contribution in [0.5, 0.6) is 0 Å². The van der Waals surface area contributed by atoms with E-state index in [9.17, 15) is 19.5 Å². The lowest BCUT2D eigenvalue weighted by molar-refractivity contribution is -0.157. The first-order chi connectivity index (χ1) is 16.8. The third kappa shape index (κ3) is 4.50. The number of carboxylic acids is 1. The Labute approximate surface area is 205 Å². The van der Waals surface area contributed by atoms with Crippen molar-refractivity contribution < 1.29 is 29.3 Å². The average Bonchev–Trinajstić information content (AvgIpc) is 3.54. The van der Waals surface area contributed by atoms with E-state index in [0.717, 1.165) is 22.3 Å². The van der Waals surface area contributed by atoms with Gasteiger partial charge in [-0.1, -0.05) is 48.5 Å². The van der Waals surface area contributed by atoms with E-state index in [4.69, 9.17) is 9.84 Å². The number of hydrogen-bond acceptors (Lipinski definition) is 7. The molecule has 1 fully saturated rings. The summed E-state index contributed by atoms with van der Waals surface area (Å²) in [6, 6.07) is 16.2. The third-order valence-corrected chi connectivity index (χ3v) is 7.24. The van der Waals surface area contributed by atoms with Gasteiger partial charge in [0.05, 0.1) is 18.7 Å². The summed E-state index contributed by atoms with van der Waals surface area (Å²) in [6.45, 7) is 0.0881. The maximum absolute atomic E-state index is 12.5. The number of aliphatic hydroxyl groups is 1. The van der Waals surface area contributed by atoms with Crippen LogP contribution in [-0.2, 0) is 20.7 Å². The molecule has 0 spiro atoms. The maximum atomic E-state index is 12.5. The van der Waals surface area contributed by atoms with Gasteiger partial charge >= 0.3 is 12.1 Å². The Morgan fingerprint density at radius 3 is 2.40 bits per heavy atom. The second kappa shape index (κ2) is 9.12. The quantitative estimate of drug-likeness (QED) is 0.481. The fraction of sp³-hybridized carbons (Fsp3) is 0.280. The van der Waals surface area contributed by atoms with E-state index in [-0.39, 0.29) is 44.4 Å². The number of amides is 2. The zero-order valence-electron chi connectivity index (χ0n) is 18.6. The van der Waals surface area contributed by atoms with Gasteiger partial charge in [0.25, 0.3) is 0 Å². The molecule has 1 aliphatic carbocycles. The summed E-state index contributed by atoms with van der Waals surface area (Å²) in [5.41, 5.74) is 3.06. The van der Waals surface area contributed by atoms with E-state index in [1.807, 2.05) is 36.4 Å². The minimum Gasteiger partial charge on any atom is -0.479 e. The third-order valence-electron chi connectivity index (χ3n) is 6.44. The summed E-state index contributed by atoms with van der Waals surface area (Å²) in [5.74, 6) is -1.72. The molecule has 2 amide bonds. The van der Waals surface area contributed by atoms with Gasteiger partial charge in [-0.2, -0.15) is 0 Å². The van der Waals surface area contributed by atoms with Crippen LogP contribution < -0.4 is 5.32 Å². The highest BCUT2D eigenvalue weighted by Crippen LogP contribution is 2.44. The molecular formula is C25H23N3O6S. The van der Waals surface area contributed by atoms with Gasteiger partial charge in [-0.05, 0) is 22.3 Å². The molecule has 2 aliphatic rings. The molecule has 1 saturated heterocycles. The van der Waals surface area contributed by atoms with Gasteiger partial charge in [0.2, 0.25) is 5.91 Å². The van der Waals surface area contributed by atoms with E-state index in [0.29, 0.717) is 10.8 Å². The summed E-state index contributed by atoms with van der Waals surface area (Å²) < 4.78 is 5.52. The van der Waals surface area contributed by atoms with Gasteiger partial charge in [-0.3, -0.25) is 10.1 Å². The van der Waals surface area contributed by atoms with Crippen LogP contribution in [0.4, 0.5) is 9.93 Å². The summed E-state index contributed by atoms with van der Waals surface area (Å²) in [5, 5.41) is 23.7. The fourth-order valence-corrected chi connectivity index (χ4v) is 5.31. The smallest absolute Gasteiger partial charge is 0.413 e. The number of aromatic nitrogens is 1. The Morgan fingerprint density at radius 1 is 1.11 bits per heavy atom. The highest BCUT2D eigenvalue weighted by atomic mass is 32.1. The van der Waals surface area contributed by atoms with Crippen LogP contribution in [0, 0.1) is 0 Å². The number of rotatable bonds is 6. The number of carbonyl (C=O) groups is 3.